The van der Waals surface area contributed by atoms with Gasteiger partial charge in [0, 0.05) is 15.8 Å². The Kier molecular flexibility index (Phi) is 5.77. The summed E-state index contributed by atoms with van der Waals surface area (Å²) in [6.45, 7) is 5.63. The molecular weight excluding hydrogens is 397 g/mol. The summed E-state index contributed by atoms with van der Waals surface area (Å²) in [6.07, 6.45) is -4.46. The summed E-state index contributed by atoms with van der Waals surface area (Å²) in [4.78, 5) is 12.1. The second-order valence-corrected chi connectivity index (χ2v) is 6.72. The summed E-state index contributed by atoms with van der Waals surface area (Å²) >= 11 is 2.89. The summed E-state index contributed by atoms with van der Waals surface area (Å²) in [5.74, 6) is -0.327. The highest BCUT2D eigenvalue weighted by atomic mass is 79.9. The van der Waals surface area contributed by atoms with Crippen LogP contribution in [0.1, 0.15) is 22.3 Å². The zero-order valence-corrected chi connectivity index (χ0v) is 15.6. The Bertz CT molecular complexity index is 780. The smallest absolute Gasteiger partial charge is 0.376 e. The van der Waals surface area contributed by atoms with Crippen molar-refractivity contribution < 1.29 is 18.0 Å². The SMILES string of the molecule is Cc1cc(C)c(NC(=O)CNc2ccc(Br)c(C(F)(F)F)c2)c(C)c1. The molecule has 0 aliphatic rings. The van der Waals surface area contributed by atoms with Gasteiger partial charge in [-0.25, -0.2) is 0 Å². The summed E-state index contributed by atoms with van der Waals surface area (Å²) < 4.78 is 38.7. The van der Waals surface area contributed by atoms with Crippen LogP contribution < -0.4 is 10.6 Å². The molecule has 0 radical (unpaired) electrons. The van der Waals surface area contributed by atoms with Crippen molar-refractivity contribution in [1.29, 1.82) is 0 Å². The number of nitrogens with one attached hydrogen (secondary N) is 2. The maximum atomic E-state index is 12.9. The minimum absolute atomic E-state index is 0.0408. The van der Waals surface area contributed by atoms with E-state index in [-0.39, 0.29) is 22.6 Å². The molecular formula is C18H18BrF3N2O. The Morgan fingerprint density at radius 1 is 1.08 bits per heavy atom. The third-order valence-corrected chi connectivity index (χ3v) is 4.36. The predicted molar refractivity (Wildman–Crippen MR) is 96.9 cm³/mol. The van der Waals surface area contributed by atoms with Crippen LogP contribution in [0.4, 0.5) is 24.5 Å². The summed E-state index contributed by atoms with van der Waals surface area (Å²) in [5.41, 5.74) is 3.14. The van der Waals surface area contributed by atoms with E-state index in [2.05, 4.69) is 26.6 Å². The van der Waals surface area contributed by atoms with Gasteiger partial charge in [0.05, 0.1) is 12.1 Å². The Morgan fingerprint density at radius 3 is 2.24 bits per heavy atom. The van der Waals surface area contributed by atoms with Crippen molar-refractivity contribution >= 4 is 33.2 Å². The molecule has 1 amide bonds. The van der Waals surface area contributed by atoms with Crippen molar-refractivity contribution in [1.82, 2.24) is 0 Å². The topological polar surface area (TPSA) is 41.1 Å². The molecule has 7 heteroatoms. The zero-order chi connectivity index (χ0) is 18.8. The highest BCUT2D eigenvalue weighted by molar-refractivity contribution is 9.10. The Morgan fingerprint density at radius 2 is 1.68 bits per heavy atom. The first-order chi connectivity index (χ1) is 11.6. The highest BCUT2D eigenvalue weighted by Crippen LogP contribution is 2.36. The number of alkyl halides is 3. The average molecular weight is 415 g/mol. The highest BCUT2D eigenvalue weighted by Gasteiger charge is 2.33. The van der Waals surface area contributed by atoms with Crippen molar-refractivity contribution in [3.63, 3.8) is 0 Å². The Labute approximate surface area is 152 Å². The first-order valence-corrected chi connectivity index (χ1v) is 8.35. The van der Waals surface area contributed by atoms with E-state index in [0.29, 0.717) is 0 Å². The van der Waals surface area contributed by atoms with Crippen LogP contribution in [0.5, 0.6) is 0 Å². The fourth-order valence-electron chi connectivity index (χ4n) is 2.60. The van der Waals surface area contributed by atoms with E-state index in [0.717, 1.165) is 28.4 Å². The largest absolute Gasteiger partial charge is 0.417 e. The number of benzene rings is 2. The van der Waals surface area contributed by atoms with Gasteiger partial charge in [-0.05, 0) is 50.1 Å². The van der Waals surface area contributed by atoms with Gasteiger partial charge in [-0.3, -0.25) is 4.79 Å². The lowest BCUT2D eigenvalue weighted by atomic mass is 10.1. The molecule has 0 atom stereocenters. The number of anilines is 2. The Balaban J connectivity index is 2.06. The van der Waals surface area contributed by atoms with Crippen LogP contribution in [-0.4, -0.2) is 12.5 Å². The maximum Gasteiger partial charge on any atom is 0.417 e. The van der Waals surface area contributed by atoms with E-state index < -0.39 is 11.7 Å². The van der Waals surface area contributed by atoms with Crippen LogP contribution in [0.3, 0.4) is 0 Å². The summed E-state index contributed by atoms with van der Waals surface area (Å²) in [7, 11) is 0. The minimum atomic E-state index is -4.46. The number of halogens is 4. The molecule has 0 spiro atoms. The van der Waals surface area contributed by atoms with Gasteiger partial charge in [0.2, 0.25) is 5.91 Å². The summed E-state index contributed by atoms with van der Waals surface area (Å²) in [6, 6.07) is 7.67. The Hall–Kier alpha value is -2.02. The quantitative estimate of drug-likeness (QED) is 0.698. The molecule has 0 aliphatic heterocycles. The van der Waals surface area contributed by atoms with Gasteiger partial charge in [-0.1, -0.05) is 33.6 Å². The van der Waals surface area contributed by atoms with E-state index in [1.807, 2.05) is 32.9 Å². The molecule has 0 aromatic heterocycles. The van der Waals surface area contributed by atoms with Crippen molar-refractivity contribution in [2.45, 2.75) is 26.9 Å². The lowest BCUT2D eigenvalue weighted by Gasteiger charge is -2.15. The molecule has 25 heavy (non-hydrogen) atoms. The van der Waals surface area contributed by atoms with Gasteiger partial charge >= 0.3 is 6.18 Å². The van der Waals surface area contributed by atoms with Crippen LogP contribution >= 0.6 is 15.9 Å². The van der Waals surface area contributed by atoms with Crippen molar-refractivity contribution in [3.8, 4) is 0 Å². The van der Waals surface area contributed by atoms with E-state index >= 15 is 0 Å². The number of hydrogen-bond donors (Lipinski definition) is 2. The molecule has 2 aromatic carbocycles. The van der Waals surface area contributed by atoms with Gasteiger partial charge in [0.25, 0.3) is 0 Å². The molecule has 0 heterocycles. The molecule has 3 nitrogen and oxygen atoms in total. The van der Waals surface area contributed by atoms with Crippen LogP contribution in [-0.2, 0) is 11.0 Å². The van der Waals surface area contributed by atoms with E-state index in [1.54, 1.807) is 0 Å². The lowest BCUT2D eigenvalue weighted by Crippen LogP contribution is -2.23. The molecule has 2 rings (SSSR count). The number of aryl methyl sites for hydroxylation is 3. The fraction of sp³-hybridized carbons (Fsp3) is 0.278. The zero-order valence-electron chi connectivity index (χ0n) is 14.0. The lowest BCUT2D eigenvalue weighted by molar-refractivity contribution is -0.138. The van der Waals surface area contributed by atoms with Gasteiger partial charge < -0.3 is 10.6 Å². The molecule has 2 aromatic rings. The van der Waals surface area contributed by atoms with E-state index in [4.69, 9.17) is 0 Å². The number of carbonyl (C=O) groups excluding carboxylic acids is 1. The molecule has 0 saturated heterocycles. The first kappa shape index (κ1) is 19.3. The molecule has 0 aliphatic carbocycles. The standard InChI is InChI=1S/C18H18BrF3N2O/c1-10-6-11(2)17(12(3)7-10)24-16(25)9-23-13-4-5-15(19)14(8-13)18(20,21)22/h4-8,23H,9H2,1-3H3,(H,24,25). The van der Waals surface area contributed by atoms with Gasteiger partial charge in [0.1, 0.15) is 0 Å². The molecule has 134 valence electrons. The van der Waals surface area contributed by atoms with Gasteiger partial charge in [-0.2, -0.15) is 13.2 Å². The monoisotopic (exact) mass is 414 g/mol. The predicted octanol–water partition coefficient (Wildman–Crippen LogP) is 5.44. The molecule has 0 saturated carbocycles. The molecule has 0 fully saturated rings. The maximum absolute atomic E-state index is 12.9. The molecule has 0 bridgehead atoms. The second kappa shape index (κ2) is 7.47. The molecule has 2 N–H and O–H groups in total. The summed E-state index contributed by atoms with van der Waals surface area (Å²) in [5, 5.41) is 5.52. The van der Waals surface area contributed by atoms with Crippen LogP contribution in [0.15, 0.2) is 34.8 Å². The first-order valence-electron chi connectivity index (χ1n) is 7.56. The van der Waals surface area contributed by atoms with E-state index in [1.165, 1.54) is 12.1 Å². The van der Waals surface area contributed by atoms with Crippen molar-refractivity contribution in [2.24, 2.45) is 0 Å². The normalized spacial score (nSPS) is 11.3. The fourth-order valence-corrected chi connectivity index (χ4v) is 3.07. The second-order valence-electron chi connectivity index (χ2n) is 5.87. The minimum Gasteiger partial charge on any atom is -0.376 e. The number of carbonyl (C=O) groups is 1. The van der Waals surface area contributed by atoms with Gasteiger partial charge in [0.15, 0.2) is 0 Å². The number of rotatable bonds is 4. The van der Waals surface area contributed by atoms with Gasteiger partial charge in [-0.15, -0.1) is 0 Å². The van der Waals surface area contributed by atoms with Crippen LogP contribution in [0.2, 0.25) is 0 Å². The van der Waals surface area contributed by atoms with Crippen LogP contribution in [0.25, 0.3) is 0 Å². The van der Waals surface area contributed by atoms with Crippen LogP contribution in [0, 0.1) is 20.8 Å². The number of amides is 1. The van der Waals surface area contributed by atoms with Crippen molar-refractivity contribution in [3.05, 3.63) is 57.1 Å². The average Bonchev–Trinajstić information content (AvgIpc) is 2.49. The van der Waals surface area contributed by atoms with E-state index in [9.17, 15) is 18.0 Å². The third kappa shape index (κ3) is 4.98. The third-order valence-electron chi connectivity index (χ3n) is 3.67. The van der Waals surface area contributed by atoms with Crippen molar-refractivity contribution in [2.75, 3.05) is 17.2 Å². The number of hydrogen-bond acceptors (Lipinski definition) is 2. The molecule has 0 unspecified atom stereocenters.